The number of fused-ring (bicyclic) bond motifs is 1. The number of rotatable bonds is 6. The molecule has 8 heteroatoms. The SMILES string of the molecule is COCCOc1ccnc(CNC(=O)N2CC(=O)N(C)c3ccccc32)c1. The summed E-state index contributed by atoms with van der Waals surface area (Å²) in [5.41, 5.74) is 2.06. The van der Waals surface area contributed by atoms with E-state index in [-0.39, 0.29) is 25.0 Å². The molecular weight excluding hydrogens is 348 g/mol. The van der Waals surface area contributed by atoms with Crippen LogP contribution >= 0.6 is 0 Å². The first kappa shape index (κ1) is 18.7. The number of aromatic nitrogens is 1. The van der Waals surface area contributed by atoms with Gasteiger partial charge in [-0.15, -0.1) is 0 Å². The van der Waals surface area contributed by atoms with E-state index in [0.29, 0.717) is 36.0 Å². The van der Waals surface area contributed by atoms with Gasteiger partial charge in [0, 0.05) is 26.4 Å². The molecule has 3 amide bonds. The van der Waals surface area contributed by atoms with Crippen LogP contribution in [0.4, 0.5) is 16.2 Å². The first-order chi connectivity index (χ1) is 13.1. The molecule has 0 saturated heterocycles. The third-order valence-electron chi connectivity index (χ3n) is 4.21. The number of amides is 3. The molecule has 3 rings (SSSR count). The number of anilines is 2. The number of nitrogens with zero attached hydrogens (tertiary/aromatic N) is 3. The summed E-state index contributed by atoms with van der Waals surface area (Å²) in [6.45, 7) is 1.15. The predicted octanol–water partition coefficient (Wildman–Crippen LogP) is 1.80. The molecule has 0 saturated carbocycles. The molecule has 1 aromatic heterocycles. The lowest BCUT2D eigenvalue weighted by Gasteiger charge is -2.34. The summed E-state index contributed by atoms with van der Waals surface area (Å²) in [7, 11) is 3.31. The molecule has 27 heavy (non-hydrogen) atoms. The maximum atomic E-state index is 12.7. The molecule has 8 nitrogen and oxygen atoms in total. The number of hydrogen-bond acceptors (Lipinski definition) is 5. The Kier molecular flexibility index (Phi) is 5.87. The van der Waals surface area contributed by atoms with Crippen LogP contribution in [0.1, 0.15) is 5.69 Å². The van der Waals surface area contributed by atoms with E-state index in [9.17, 15) is 9.59 Å². The Morgan fingerprint density at radius 1 is 1.22 bits per heavy atom. The van der Waals surface area contributed by atoms with E-state index in [1.54, 1.807) is 37.4 Å². The Morgan fingerprint density at radius 3 is 2.78 bits per heavy atom. The molecule has 1 N–H and O–H groups in total. The summed E-state index contributed by atoms with van der Waals surface area (Å²) >= 11 is 0. The number of urea groups is 1. The van der Waals surface area contributed by atoms with Crippen LogP contribution in [0.25, 0.3) is 0 Å². The van der Waals surface area contributed by atoms with Gasteiger partial charge in [-0.25, -0.2) is 4.79 Å². The average molecular weight is 370 g/mol. The molecule has 2 aromatic rings. The number of pyridine rings is 1. The predicted molar refractivity (Wildman–Crippen MR) is 101 cm³/mol. The largest absolute Gasteiger partial charge is 0.491 e. The number of ether oxygens (including phenoxy) is 2. The van der Waals surface area contributed by atoms with Crippen LogP contribution < -0.4 is 19.9 Å². The van der Waals surface area contributed by atoms with Gasteiger partial charge in [0.25, 0.3) is 0 Å². The third kappa shape index (κ3) is 4.35. The maximum absolute atomic E-state index is 12.7. The topological polar surface area (TPSA) is 84.0 Å². The van der Waals surface area contributed by atoms with Gasteiger partial charge in [0.05, 0.1) is 30.2 Å². The van der Waals surface area contributed by atoms with E-state index in [4.69, 9.17) is 9.47 Å². The lowest BCUT2D eigenvalue weighted by atomic mass is 10.2. The van der Waals surface area contributed by atoms with Crippen molar-refractivity contribution in [3.8, 4) is 5.75 Å². The molecule has 0 radical (unpaired) electrons. The Labute approximate surface area is 157 Å². The molecule has 0 spiro atoms. The highest BCUT2D eigenvalue weighted by molar-refractivity contribution is 6.10. The zero-order valence-electron chi connectivity index (χ0n) is 15.3. The fourth-order valence-electron chi connectivity index (χ4n) is 2.77. The normalized spacial score (nSPS) is 13.3. The third-order valence-corrected chi connectivity index (χ3v) is 4.21. The number of methoxy groups -OCH3 is 1. The van der Waals surface area contributed by atoms with Crippen molar-refractivity contribution in [1.29, 1.82) is 0 Å². The van der Waals surface area contributed by atoms with Crippen molar-refractivity contribution in [3.05, 3.63) is 48.3 Å². The summed E-state index contributed by atoms with van der Waals surface area (Å²) < 4.78 is 10.5. The molecular formula is C19H22N4O4. The van der Waals surface area contributed by atoms with Gasteiger partial charge in [0.15, 0.2) is 0 Å². The van der Waals surface area contributed by atoms with Crippen LogP contribution in [0.15, 0.2) is 42.6 Å². The highest BCUT2D eigenvalue weighted by atomic mass is 16.5. The summed E-state index contributed by atoms with van der Waals surface area (Å²) in [6.07, 6.45) is 1.62. The smallest absolute Gasteiger partial charge is 0.322 e. The average Bonchev–Trinajstić information content (AvgIpc) is 2.69. The van der Waals surface area contributed by atoms with E-state index < -0.39 is 0 Å². The molecule has 142 valence electrons. The Balaban J connectivity index is 1.65. The fraction of sp³-hybridized carbons (Fsp3) is 0.316. The molecule has 0 bridgehead atoms. The van der Waals surface area contributed by atoms with Gasteiger partial charge in [0.1, 0.15) is 18.9 Å². The van der Waals surface area contributed by atoms with Gasteiger partial charge < -0.3 is 19.7 Å². The van der Waals surface area contributed by atoms with Crippen LogP contribution in [0, 0.1) is 0 Å². The minimum atomic E-state index is -0.351. The minimum absolute atomic E-state index is 0.00700. The van der Waals surface area contributed by atoms with Crippen LogP contribution in [0.5, 0.6) is 5.75 Å². The molecule has 2 heterocycles. The standard InChI is InChI=1S/C19H22N4O4/c1-22-16-5-3-4-6-17(16)23(13-18(22)24)19(25)21-12-14-11-15(7-8-20-14)27-10-9-26-2/h3-8,11H,9-10,12-13H2,1-2H3,(H,21,25). The van der Waals surface area contributed by atoms with Gasteiger partial charge in [-0.3, -0.25) is 14.7 Å². The number of benzene rings is 1. The van der Waals surface area contributed by atoms with Crippen molar-refractivity contribution in [2.24, 2.45) is 0 Å². The van der Waals surface area contributed by atoms with Crippen molar-refractivity contribution >= 4 is 23.3 Å². The summed E-state index contributed by atoms with van der Waals surface area (Å²) in [6, 6.07) is 10.5. The molecule has 1 aliphatic rings. The van der Waals surface area contributed by atoms with Crippen molar-refractivity contribution in [2.45, 2.75) is 6.54 Å². The van der Waals surface area contributed by atoms with Gasteiger partial charge >= 0.3 is 6.03 Å². The van der Waals surface area contributed by atoms with E-state index >= 15 is 0 Å². The maximum Gasteiger partial charge on any atom is 0.322 e. The molecule has 1 aliphatic heterocycles. The number of likely N-dealkylation sites (N-methyl/N-ethyl adjacent to an activating group) is 1. The summed E-state index contributed by atoms with van der Waals surface area (Å²) in [5.74, 6) is 0.516. The van der Waals surface area contributed by atoms with Crippen molar-refractivity contribution in [1.82, 2.24) is 10.3 Å². The highest BCUT2D eigenvalue weighted by Gasteiger charge is 2.30. The molecule has 1 aromatic carbocycles. The van der Waals surface area contributed by atoms with Gasteiger partial charge in [0.2, 0.25) is 5.91 Å². The fourth-order valence-corrected chi connectivity index (χ4v) is 2.77. The van der Waals surface area contributed by atoms with Crippen LogP contribution in [-0.4, -0.2) is 50.8 Å². The zero-order valence-corrected chi connectivity index (χ0v) is 15.3. The second-order valence-corrected chi connectivity index (χ2v) is 6.01. The van der Waals surface area contributed by atoms with Gasteiger partial charge in [-0.1, -0.05) is 12.1 Å². The van der Waals surface area contributed by atoms with E-state index in [1.165, 1.54) is 4.90 Å². The van der Waals surface area contributed by atoms with E-state index in [1.807, 2.05) is 24.3 Å². The van der Waals surface area contributed by atoms with Crippen molar-refractivity contribution in [2.75, 3.05) is 43.7 Å². The first-order valence-electron chi connectivity index (χ1n) is 8.58. The lowest BCUT2D eigenvalue weighted by molar-refractivity contribution is -0.117. The Bertz CT molecular complexity index is 827. The van der Waals surface area contributed by atoms with Crippen LogP contribution in [0.2, 0.25) is 0 Å². The number of nitrogens with one attached hydrogen (secondary N) is 1. The lowest BCUT2D eigenvalue weighted by Crippen LogP contribution is -2.50. The highest BCUT2D eigenvalue weighted by Crippen LogP contribution is 2.32. The van der Waals surface area contributed by atoms with Crippen LogP contribution in [0.3, 0.4) is 0 Å². The van der Waals surface area contributed by atoms with Crippen molar-refractivity contribution in [3.63, 3.8) is 0 Å². The number of para-hydroxylation sites is 2. The number of hydrogen-bond donors (Lipinski definition) is 1. The molecule has 0 atom stereocenters. The van der Waals surface area contributed by atoms with Gasteiger partial charge in [-0.2, -0.15) is 0 Å². The summed E-state index contributed by atoms with van der Waals surface area (Å²) in [5, 5.41) is 2.81. The second-order valence-electron chi connectivity index (χ2n) is 6.01. The Morgan fingerprint density at radius 2 is 2.00 bits per heavy atom. The number of carbonyl (C=O) groups is 2. The van der Waals surface area contributed by atoms with E-state index in [0.717, 1.165) is 0 Å². The molecule has 0 fully saturated rings. The Hall–Kier alpha value is -3.13. The number of carbonyl (C=O) groups excluding carboxylic acids is 2. The molecule has 0 aliphatic carbocycles. The summed E-state index contributed by atoms with van der Waals surface area (Å²) in [4.78, 5) is 32.1. The first-order valence-corrected chi connectivity index (χ1v) is 8.58. The quantitative estimate of drug-likeness (QED) is 0.784. The monoisotopic (exact) mass is 370 g/mol. The zero-order chi connectivity index (χ0) is 19.2. The van der Waals surface area contributed by atoms with Crippen molar-refractivity contribution < 1.29 is 19.1 Å². The molecule has 0 unspecified atom stereocenters. The van der Waals surface area contributed by atoms with E-state index in [2.05, 4.69) is 10.3 Å². The second kappa shape index (κ2) is 8.50. The minimum Gasteiger partial charge on any atom is -0.491 e. The van der Waals surface area contributed by atoms with Crippen LogP contribution in [-0.2, 0) is 16.1 Å². The van der Waals surface area contributed by atoms with Gasteiger partial charge in [-0.05, 0) is 18.2 Å².